The van der Waals surface area contributed by atoms with Crippen LogP contribution in [-0.4, -0.2) is 65.5 Å². The molecule has 3 heterocycles. The summed E-state index contributed by atoms with van der Waals surface area (Å²) in [7, 11) is 0. The molecule has 0 bridgehead atoms. The Kier molecular flexibility index (Phi) is 8.90. The molecule has 7 nitrogen and oxygen atoms in total. The highest BCUT2D eigenvalue weighted by atomic mass is 19.1. The number of ether oxygens (including phenoxy) is 1. The maximum atomic E-state index is 15.3. The molecule has 40 heavy (non-hydrogen) atoms. The second-order valence-corrected chi connectivity index (χ2v) is 10.8. The lowest BCUT2D eigenvalue weighted by atomic mass is 9.92. The first-order valence-corrected chi connectivity index (χ1v) is 13.6. The summed E-state index contributed by atoms with van der Waals surface area (Å²) in [6, 6.07) is 12.5. The van der Waals surface area contributed by atoms with Crippen molar-refractivity contribution < 1.29 is 18.6 Å². The van der Waals surface area contributed by atoms with E-state index >= 15 is 4.39 Å². The van der Waals surface area contributed by atoms with Crippen molar-refractivity contribution in [2.75, 3.05) is 39.5 Å². The molecule has 0 aliphatic carbocycles. The first-order chi connectivity index (χ1) is 19.4. The summed E-state index contributed by atoms with van der Waals surface area (Å²) in [5, 5.41) is 13.2. The zero-order chi connectivity index (χ0) is 28.1. The molecule has 4 atom stereocenters. The normalized spacial score (nSPS) is 20.1. The highest BCUT2D eigenvalue weighted by Gasteiger charge is 2.36. The predicted molar refractivity (Wildman–Crippen MR) is 148 cm³/mol. The smallest absolute Gasteiger partial charge is 0.293 e. The Hall–Kier alpha value is -3.58. The van der Waals surface area contributed by atoms with Gasteiger partial charge in [-0.15, -0.1) is 0 Å². The number of halogens is 2. The fraction of sp³-hybridized carbons (Fsp3) is 0.419. The Morgan fingerprint density at radius 2 is 1.85 bits per heavy atom. The van der Waals surface area contributed by atoms with Gasteiger partial charge in [-0.05, 0) is 42.3 Å². The number of rotatable bonds is 9. The van der Waals surface area contributed by atoms with Crippen molar-refractivity contribution in [2.24, 2.45) is 11.8 Å². The zero-order valence-corrected chi connectivity index (χ0v) is 22.5. The number of likely N-dealkylation sites (tertiary alicyclic amines) is 1. The first-order valence-electron chi connectivity index (χ1n) is 13.6. The standard InChI is InChI=1S/C31H34F2N4O3/c1-20(12-32)34-13-24(11-29-30(38)31(39)36-19-35-29)27-9-8-22(10-28(27)33)5-2-21-3-6-23(7-4-21)14-37-15-25-17-40-18-26(25)16-37/h3-4,6-10,19-20,24-26,34,38H,11-18H2,1H3,(H,35,36,39)/t20-,24-,25?,26?/m0/s1. The first kappa shape index (κ1) is 28.0. The molecule has 2 unspecified atom stereocenters. The summed E-state index contributed by atoms with van der Waals surface area (Å²) in [5.74, 6) is 6.00. The molecule has 9 heteroatoms. The van der Waals surface area contributed by atoms with Crippen LogP contribution in [0.4, 0.5) is 8.78 Å². The van der Waals surface area contributed by atoms with Crippen LogP contribution in [-0.2, 0) is 17.7 Å². The van der Waals surface area contributed by atoms with Crippen molar-refractivity contribution >= 4 is 0 Å². The molecule has 1 aromatic heterocycles. The van der Waals surface area contributed by atoms with E-state index in [1.807, 2.05) is 12.1 Å². The zero-order valence-electron chi connectivity index (χ0n) is 22.5. The quantitative estimate of drug-likeness (QED) is 0.356. The van der Waals surface area contributed by atoms with Gasteiger partial charge >= 0.3 is 0 Å². The number of fused-ring (bicyclic) bond motifs is 1. The summed E-state index contributed by atoms with van der Waals surface area (Å²) in [4.78, 5) is 20.6. The molecule has 2 aliphatic heterocycles. The SMILES string of the molecule is C[C@@H](CF)NC[C@H](Cc1nc[nH]c(=O)c1O)c1ccc(C#Cc2ccc(CN3CC4COCC4C3)cc2)cc1F. The maximum absolute atomic E-state index is 15.3. The van der Waals surface area contributed by atoms with E-state index in [9.17, 15) is 14.3 Å². The van der Waals surface area contributed by atoms with Crippen LogP contribution in [0.1, 0.15) is 40.8 Å². The summed E-state index contributed by atoms with van der Waals surface area (Å²) in [6.07, 6.45) is 1.29. The number of hydrogen-bond acceptors (Lipinski definition) is 6. The largest absolute Gasteiger partial charge is 0.502 e. The third-order valence-electron chi connectivity index (χ3n) is 7.76. The number of nitrogens with one attached hydrogen (secondary N) is 2. The third-order valence-corrected chi connectivity index (χ3v) is 7.76. The van der Waals surface area contributed by atoms with Crippen LogP contribution in [0.3, 0.4) is 0 Å². The van der Waals surface area contributed by atoms with Crippen LogP contribution in [0.25, 0.3) is 0 Å². The number of H-pyrrole nitrogens is 1. The average Bonchev–Trinajstić information content (AvgIpc) is 3.55. The van der Waals surface area contributed by atoms with Gasteiger partial charge in [-0.1, -0.05) is 30.0 Å². The van der Waals surface area contributed by atoms with E-state index in [2.05, 4.69) is 44.2 Å². The second kappa shape index (κ2) is 12.7. The molecule has 2 aromatic carbocycles. The van der Waals surface area contributed by atoms with Gasteiger partial charge in [0.05, 0.1) is 25.2 Å². The van der Waals surface area contributed by atoms with Crippen LogP contribution in [0, 0.1) is 29.5 Å². The minimum atomic E-state index is -0.665. The number of aromatic nitrogens is 2. The van der Waals surface area contributed by atoms with Crippen LogP contribution in [0.2, 0.25) is 0 Å². The van der Waals surface area contributed by atoms with E-state index in [1.54, 1.807) is 19.1 Å². The number of benzene rings is 2. The van der Waals surface area contributed by atoms with Crippen LogP contribution < -0.4 is 10.9 Å². The summed E-state index contributed by atoms with van der Waals surface area (Å²) in [5.41, 5.74) is 2.46. The molecule has 0 saturated carbocycles. The Bertz CT molecular complexity index is 1420. The van der Waals surface area contributed by atoms with Gasteiger partial charge in [-0.25, -0.2) is 13.8 Å². The molecule has 3 N–H and O–H groups in total. The van der Waals surface area contributed by atoms with Crippen LogP contribution in [0.5, 0.6) is 5.75 Å². The Morgan fingerprint density at radius 3 is 2.55 bits per heavy atom. The van der Waals surface area contributed by atoms with Crippen molar-refractivity contribution in [3.63, 3.8) is 0 Å². The predicted octanol–water partition coefficient (Wildman–Crippen LogP) is 3.37. The van der Waals surface area contributed by atoms with Crippen LogP contribution >= 0.6 is 0 Å². The molecule has 0 amide bonds. The van der Waals surface area contributed by atoms with E-state index in [1.165, 1.54) is 18.0 Å². The van der Waals surface area contributed by atoms with Gasteiger partial charge in [0, 0.05) is 67.5 Å². The minimum absolute atomic E-state index is 0.0998. The molecule has 210 valence electrons. The molecule has 5 rings (SSSR count). The lowest BCUT2D eigenvalue weighted by Gasteiger charge is -2.21. The number of nitrogens with zero attached hydrogens (tertiary/aromatic N) is 2. The summed E-state index contributed by atoms with van der Waals surface area (Å²) in [6.45, 7) is 6.19. The van der Waals surface area contributed by atoms with Gasteiger partial charge in [-0.3, -0.25) is 9.69 Å². The van der Waals surface area contributed by atoms with Gasteiger partial charge in [0.25, 0.3) is 5.56 Å². The van der Waals surface area contributed by atoms with Crippen molar-refractivity contribution in [3.8, 4) is 17.6 Å². The lowest BCUT2D eigenvalue weighted by Crippen LogP contribution is -2.33. The maximum Gasteiger partial charge on any atom is 0.293 e. The van der Waals surface area contributed by atoms with E-state index in [0.29, 0.717) is 23.0 Å². The highest BCUT2D eigenvalue weighted by Crippen LogP contribution is 2.30. The fourth-order valence-electron chi connectivity index (χ4n) is 5.45. The lowest BCUT2D eigenvalue weighted by molar-refractivity contribution is 0.153. The van der Waals surface area contributed by atoms with E-state index in [0.717, 1.165) is 38.4 Å². The Morgan fingerprint density at radius 1 is 1.15 bits per heavy atom. The van der Waals surface area contributed by atoms with E-state index in [4.69, 9.17) is 4.74 Å². The molecule has 0 spiro atoms. The minimum Gasteiger partial charge on any atom is -0.502 e. The van der Waals surface area contributed by atoms with Gasteiger partial charge in [-0.2, -0.15) is 0 Å². The van der Waals surface area contributed by atoms with Crippen molar-refractivity contribution in [3.05, 3.63) is 92.9 Å². The fourth-order valence-corrected chi connectivity index (χ4v) is 5.45. The summed E-state index contributed by atoms with van der Waals surface area (Å²) >= 11 is 0. The Labute approximate surface area is 232 Å². The van der Waals surface area contributed by atoms with Gasteiger partial charge in [0.15, 0.2) is 0 Å². The molecular formula is C31H34F2N4O3. The monoisotopic (exact) mass is 548 g/mol. The van der Waals surface area contributed by atoms with Gasteiger partial charge in [0.2, 0.25) is 5.75 Å². The number of aromatic hydroxyl groups is 1. The second-order valence-electron chi connectivity index (χ2n) is 10.8. The highest BCUT2D eigenvalue weighted by molar-refractivity contribution is 5.45. The molecule has 0 radical (unpaired) electrons. The van der Waals surface area contributed by atoms with Crippen molar-refractivity contribution in [1.82, 2.24) is 20.2 Å². The van der Waals surface area contributed by atoms with Crippen LogP contribution in [0.15, 0.2) is 53.6 Å². The van der Waals surface area contributed by atoms with E-state index in [-0.39, 0.29) is 18.7 Å². The van der Waals surface area contributed by atoms with E-state index < -0.39 is 35.8 Å². The topological polar surface area (TPSA) is 90.5 Å². The van der Waals surface area contributed by atoms with Crippen molar-refractivity contribution in [1.29, 1.82) is 0 Å². The van der Waals surface area contributed by atoms with Crippen molar-refractivity contribution in [2.45, 2.75) is 31.8 Å². The Balaban J connectivity index is 1.26. The third kappa shape index (κ3) is 6.76. The number of alkyl halides is 1. The number of hydrogen-bond donors (Lipinski definition) is 3. The molecule has 2 fully saturated rings. The molecule has 3 aromatic rings. The van der Waals surface area contributed by atoms with Gasteiger partial charge in [0.1, 0.15) is 12.5 Å². The number of aromatic amines is 1. The average molecular weight is 549 g/mol. The molecule has 2 saturated heterocycles. The molecule has 2 aliphatic rings. The van der Waals surface area contributed by atoms with Gasteiger partial charge < -0.3 is 20.1 Å². The molecular weight excluding hydrogens is 514 g/mol. The summed E-state index contributed by atoms with van der Waals surface area (Å²) < 4.78 is 33.9.